The first-order valence-electron chi connectivity index (χ1n) is 7.47. The summed E-state index contributed by atoms with van der Waals surface area (Å²) in [6, 6.07) is 9.88. The van der Waals surface area contributed by atoms with Crippen LogP contribution in [0.1, 0.15) is 19.2 Å². The van der Waals surface area contributed by atoms with Gasteiger partial charge in [-0.1, -0.05) is 12.1 Å². The molecule has 0 aliphatic heterocycles. The number of nitrogens with zero attached hydrogens (tertiary/aromatic N) is 3. The van der Waals surface area contributed by atoms with Crippen molar-refractivity contribution in [3.05, 3.63) is 42.5 Å². The molecule has 0 saturated heterocycles. The van der Waals surface area contributed by atoms with Crippen molar-refractivity contribution in [3.8, 4) is 5.88 Å². The van der Waals surface area contributed by atoms with Crippen molar-refractivity contribution in [3.63, 3.8) is 0 Å². The van der Waals surface area contributed by atoms with Gasteiger partial charge in [-0.25, -0.2) is 15.0 Å². The first-order chi connectivity index (χ1) is 10.8. The van der Waals surface area contributed by atoms with Crippen molar-refractivity contribution in [1.82, 2.24) is 19.9 Å². The molecule has 0 radical (unpaired) electrons. The fourth-order valence-electron chi connectivity index (χ4n) is 2.26. The quantitative estimate of drug-likeness (QED) is 0.656. The van der Waals surface area contributed by atoms with Crippen LogP contribution in [0.5, 0.6) is 5.88 Å². The Kier molecular flexibility index (Phi) is 4.48. The Labute approximate surface area is 129 Å². The largest absolute Gasteiger partial charge is 0.478 e. The summed E-state index contributed by atoms with van der Waals surface area (Å²) in [4.78, 5) is 16.1. The second-order valence-corrected chi connectivity index (χ2v) is 4.91. The lowest BCUT2D eigenvalue weighted by molar-refractivity contribution is 0.326. The third-order valence-electron chi connectivity index (χ3n) is 3.27. The Morgan fingerprint density at radius 1 is 1.23 bits per heavy atom. The van der Waals surface area contributed by atoms with Crippen molar-refractivity contribution in [2.24, 2.45) is 0 Å². The molecule has 114 valence electrons. The van der Waals surface area contributed by atoms with E-state index < -0.39 is 0 Å². The highest BCUT2D eigenvalue weighted by atomic mass is 16.5. The number of benzene rings is 1. The fourth-order valence-corrected chi connectivity index (χ4v) is 2.26. The van der Waals surface area contributed by atoms with Gasteiger partial charge in [0.05, 0.1) is 17.6 Å². The number of ether oxygens (including phenoxy) is 1. The van der Waals surface area contributed by atoms with Crippen LogP contribution in [-0.2, 0) is 6.42 Å². The third kappa shape index (κ3) is 3.52. The predicted octanol–water partition coefficient (Wildman–Crippen LogP) is 2.80. The molecule has 1 aromatic carbocycles. The minimum absolute atomic E-state index is 0.595. The summed E-state index contributed by atoms with van der Waals surface area (Å²) in [5, 5.41) is 3.27. The number of imidazole rings is 1. The number of hydrogen-bond donors (Lipinski definition) is 2. The Hall–Kier alpha value is -2.63. The Balaban J connectivity index is 1.50. The van der Waals surface area contributed by atoms with Crippen LogP contribution in [0, 0.1) is 0 Å². The highest BCUT2D eigenvalue weighted by Gasteiger charge is 2.02. The molecule has 0 bridgehead atoms. The lowest BCUT2D eigenvalue weighted by atomic mass is 10.3. The van der Waals surface area contributed by atoms with Gasteiger partial charge in [0.25, 0.3) is 0 Å². The number of aromatic amines is 1. The molecule has 0 aliphatic carbocycles. The SMILES string of the molecule is CCOc1cc(NCCCc2nc3ccccc3[nH]2)ncn1. The number of aryl methyl sites for hydroxylation is 1. The second-order valence-electron chi connectivity index (χ2n) is 4.91. The number of hydrogen-bond acceptors (Lipinski definition) is 5. The van der Waals surface area contributed by atoms with E-state index in [4.69, 9.17) is 4.74 Å². The maximum absolute atomic E-state index is 5.35. The van der Waals surface area contributed by atoms with E-state index in [-0.39, 0.29) is 0 Å². The summed E-state index contributed by atoms with van der Waals surface area (Å²) in [5.74, 6) is 2.39. The Morgan fingerprint density at radius 3 is 3.00 bits per heavy atom. The number of rotatable bonds is 7. The molecule has 0 unspecified atom stereocenters. The van der Waals surface area contributed by atoms with Crippen molar-refractivity contribution in [1.29, 1.82) is 0 Å². The predicted molar refractivity (Wildman–Crippen MR) is 86.1 cm³/mol. The van der Waals surface area contributed by atoms with Crippen LogP contribution in [0.3, 0.4) is 0 Å². The van der Waals surface area contributed by atoms with Crippen molar-refractivity contribution in [2.45, 2.75) is 19.8 Å². The maximum Gasteiger partial charge on any atom is 0.218 e. The second kappa shape index (κ2) is 6.89. The van der Waals surface area contributed by atoms with Gasteiger partial charge in [0.2, 0.25) is 5.88 Å². The van der Waals surface area contributed by atoms with E-state index in [1.54, 1.807) is 0 Å². The number of anilines is 1. The molecule has 0 saturated carbocycles. The first-order valence-corrected chi connectivity index (χ1v) is 7.47. The lowest BCUT2D eigenvalue weighted by Gasteiger charge is -2.06. The molecule has 0 aliphatic rings. The molecule has 6 heteroatoms. The topological polar surface area (TPSA) is 75.7 Å². The van der Waals surface area contributed by atoms with Gasteiger partial charge in [-0.05, 0) is 25.5 Å². The smallest absolute Gasteiger partial charge is 0.218 e. The molecular formula is C16H19N5O. The van der Waals surface area contributed by atoms with Crippen molar-refractivity contribution < 1.29 is 4.74 Å². The first kappa shape index (κ1) is 14.3. The van der Waals surface area contributed by atoms with E-state index in [1.165, 1.54) is 6.33 Å². The average Bonchev–Trinajstić information content (AvgIpc) is 2.95. The normalized spacial score (nSPS) is 10.8. The summed E-state index contributed by atoms with van der Waals surface area (Å²) in [7, 11) is 0. The number of aromatic nitrogens is 4. The van der Waals surface area contributed by atoms with Crippen molar-refractivity contribution in [2.75, 3.05) is 18.5 Å². The molecule has 0 amide bonds. The van der Waals surface area contributed by atoms with E-state index in [1.807, 2.05) is 37.3 Å². The van der Waals surface area contributed by atoms with Crippen LogP contribution in [0.15, 0.2) is 36.7 Å². The van der Waals surface area contributed by atoms with E-state index in [2.05, 4.69) is 25.3 Å². The number of nitrogens with one attached hydrogen (secondary N) is 2. The van der Waals surface area contributed by atoms with Crippen LogP contribution in [0.2, 0.25) is 0 Å². The van der Waals surface area contributed by atoms with Crippen LogP contribution >= 0.6 is 0 Å². The molecule has 2 aromatic heterocycles. The van der Waals surface area contributed by atoms with Crippen LogP contribution in [-0.4, -0.2) is 33.1 Å². The zero-order chi connectivity index (χ0) is 15.2. The van der Waals surface area contributed by atoms with Gasteiger partial charge < -0.3 is 15.0 Å². The number of fused-ring (bicyclic) bond motifs is 1. The number of para-hydroxylation sites is 2. The lowest BCUT2D eigenvalue weighted by Crippen LogP contribution is -2.06. The average molecular weight is 297 g/mol. The van der Waals surface area contributed by atoms with Gasteiger partial charge in [-0.3, -0.25) is 0 Å². The highest BCUT2D eigenvalue weighted by Crippen LogP contribution is 2.13. The fraction of sp³-hybridized carbons (Fsp3) is 0.312. The highest BCUT2D eigenvalue weighted by molar-refractivity contribution is 5.74. The minimum Gasteiger partial charge on any atom is -0.478 e. The molecular weight excluding hydrogens is 278 g/mol. The minimum atomic E-state index is 0.595. The molecule has 2 N–H and O–H groups in total. The molecule has 3 rings (SSSR count). The molecule has 0 fully saturated rings. The van der Waals surface area contributed by atoms with Gasteiger partial charge in [0.1, 0.15) is 18.0 Å². The molecule has 0 spiro atoms. The van der Waals surface area contributed by atoms with Crippen molar-refractivity contribution >= 4 is 16.9 Å². The van der Waals surface area contributed by atoms with E-state index in [9.17, 15) is 0 Å². The zero-order valence-corrected chi connectivity index (χ0v) is 12.5. The zero-order valence-electron chi connectivity index (χ0n) is 12.5. The molecule has 3 aromatic rings. The van der Waals surface area contributed by atoms with Gasteiger partial charge in [-0.2, -0.15) is 0 Å². The van der Waals surface area contributed by atoms with Crippen LogP contribution in [0.25, 0.3) is 11.0 Å². The summed E-state index contributed by atoms with van der Waals surface area (Å²) < 4.78 is 5.35. The summed E-state index contributed by atoms with van der Waals surface area (Å²) in [6.07, 6.45) is 3.37. The summed E-state index contributed by atoms with van der Waals surface area (Å²) in [6.45, 7) is 3.35. The van der Waals surface area contributed by atoms with Crippen LogP contribution < -0.4 is 10.1 Å². The number of H-pyrrole nitrogens is 1. The van der Waals surface area contributed by atoms with Gasteiger partial charge in [0, 0.05) is 19.0 Å². The summed E-state index contributed by atoms with van der Waals surface area (Å²) in [5.41, 5.74) is 2.10. The van der Waals surface area contributed by atoms with Gasteiger partial charge >= 0.3 is 0 Å². The molecule has 22 heavy (non-hydrogen) atoms. The Morgan fingerprint density at radius 2 is 2.14 bits per heavy atom. The maximum atomic E-state index is 5.35. The third-order valence-corrected chi connectivity index (χ3v) is 3.27. The van der Waals surface area contributed by atoms with Gasteiger partial charge in [0.15, 0.2) is 0 Å². The summed E-state index contributed by atoms with van der Waals surface area (Å²) >= 11 is 0. The Bertz CT molecular complexity index is 707. The molecule has 0 atom stereocenters. The van der Waals surface area contributed by atoms with Crippen LogP contribution in [0.4, 0.5) is 5.82 Å². The van der Waals surface area contributed by atoms with E-state index in [0.717, 1.165) is 42.1 Å². The molecule has 2 heterocycles. The van der Waals surface area contributed by atoms with E-state index in [0.29, 0.717) is 12.5 Å². The molecule has 6 nitrogen and oxygen atoms in total. The standard InChI is InChI=1S/C16H19N5O/c1-2-22-16-10-15(18-11-19-16)17-9-5-8-14-20-12-6-3-4-7-13(12)21-14/h3-4,6-7,10-11H,2,5,8-9H2,1H3,(H,20,21)(H,17,18,19). The monoisotopic (exact) mass is 297 g/mol. The van der Waals surface area contributed by atoms with E-state index >= 15 is 0 Å². The van der Waals surface area contributed by atoms with Gasteiger partial charge in [-0.15, -0.1) is 0 Å².